The molecule has 1 nitrogen and oxygen atoms in total. The molecule has 0 spiro atoms. The third kappa shape index (κ3) is 3.15. The average molecular weight is 286 g/mol. The molecule has 2 N–H and O–H groups in total. The van der Waals surface area contributed by atoms with Gasteiger partial charge < -0.3 is 5.73 Å². The third-order valence-electron chi connectivity index (χ3n) is 2.92. The lowest BCUT2D eigenvalue weighted by molar-refractivity contribution is 0.623. The molecule has 0 aromatic heterocycles. The minimum Gasteiger partial charge on any atom is -0.398 e. The Kier molecular flexibility index (Phi) is 3.98. The molecule has 0 heterocycles. The molecule has 15 heavy (non-hydrogen) atoms. The Bertz CT molecular complexity index is 334. The van der Waals surface area contributed by atoms with Crippen molar-refractivity contribution in [3.05, 3.63) is 22.7 Å². The summed E-state index contributed by atoms with van der Waals surface area (Å²) in [6.45, 7) is 0. The number of anilines is 1. The van der Waals surface area contributed by atoms with E-state index >= 15 is 0 Å². The van der Waals surface area contributed by atoms with E-state index < -0.39 is 0 Å². The fourth-order valence-corrected chi connectivity index (χ4v) is 3.72. The molecule has 1 aromatic rings. The third-order valence-corrected chi connectivity index (χ3v) is 4.72. The van der Waals surface area contributed by atoms with E-state index in [2.05, 4.69) is 22.0 Å². The van der Waals surface area contributed by atoms with Gasteiger partial charge in [-0.2, -0.15) is 0 Å². The van der Waals surface area contributed by atoms with Crippen LogP contribution in [-0.4, -0.2) is 5.75 Å². The first-order chi connectivity index (χ1) is 7.25. The molecule has 1 aromatic carbocycles. The Morgan fingerprint density at radius 3 is 2.80 bits per heavy atom. The highest BCUT2D eigenvalue weighted by molar-refractivity contribution is 9.10. The van der Waals surface area contributed by atoms with Crippen LogP contribution in [0.4, 0.5) is 5.69 Å². The second-order valence-electron chi connectivity index (χ2n) is 4.14. The van der Waals surface area contributed by atoms with Crippen molar-refractivity contribution in [1.29, 1.82) is 0 Å². The average Bonchev–Trinajstić information content (AvgIpc) is 2.72. The highest BCUT2D eigenvalue weighted by Crippen LogP contribution is 2.34. The molecule has 1 saturated carbocycles. The molecular formula is C12H16BrNS. The van der Waals surface area contributed by atoms with Gasteiger partial charge in [-0.25, -0.2) is 0 Å². The second-order valence-corrected chi connectivity index (χ2v) is 6.12. The van der Waals surface area contributed by atoms with Gasteiger partial charge in [-0.3, -0.25) is 0 Å². The molecule has 1 fully saturated rings. The van der Waals surface area contributed by atoms with Crippen molar-refractivity contribution in [3.63, 3.8) is 0 Å². The van der Waals surface area contributed by atoms with E-state index in [4.69, 9.17) is 5.73 Å². The molecule has 0 atom stereocenters. The van der Waals surface area contributed by atoms with Crippen LogP contribution < -0.4 is 5.73 Å². The highest BCUT2D eigenvalue weighted by Gasteiger charge is 2.15. The van der Waals surface area contributed by atoms with Gasteiger partial charge in [0.2, 0.25) is 0 Å². The summed E-state index contributed by atoms with van der Waals surface area (Å²) in [7, 11) is 0. The fraction of sp³-hybridized carbons (Fsp3) is 0.500. The Morgan fingerprint density at radius 2 is 2.07 bits per heavy atom. The van der Waals surface area contributed by atoms with Crippen molar-refractivity contribution in [1.82, 2.24) is 0 Å². The van der Waals surface area contributed by atoms with Crippen LogP contribution in [0.5, 0.6) is 0 Å². The van der Waals surface area contributed by atoms with Gasteiger partial charge in [0.1, 0.15) is 0 Å². The van der Waals surface area contributed by atoms with Crippen LogP contribution in [0.25, 0.3) is 0 Å². The quantitative estimate of drug-likeness (QED) is 0.661. The van der Waals surface area contributed by atoms with Crippen LogP contribution in [0.15, 0.2) is 27.6 Å². The topological polar surface area (TPSA) is 26.0 Å². The number of halogens is 1. The van der Waals surface area contributed by atoms with Gasteiger partial charge in [-0.15, -0.1) is 11.8 Å². The zero-order chi connectivity index (χ0) is 10.7. The van der Waals surface area contributed by atoms with E-state index in [0.717, 1.165) is 16.1 Å². The zero-order valence-electron chi connectivity index (χ0n) is 8.71. The van der Waals surface area contributed by atoms with Gasteiger partial charge in [0.05, 0.1) is 0 Å². The first kappa shape index (κ1) is 11.3. The number of rotatable bonds is 3. The molecule has 3 heteroatoms. The molecule has 0 bridgehead atoms. The summed E-state index contributed by atoms with van der Waals surface area (Å²) in [5, 5.41) is 0. The van der Waals surface area contributed by atoms with Crippen LogP contribution in [0.2, 0.25) is 0 Å². The lowest BCUT2D eigenvalue weighted by Crippen LogP contribution is -1.97. The van der Waals surface area contributed by atoms with Crippen LogP contribution >= 0.6 is 27.7 Å². The Morgan fingerprint density at radius 1 is 1.33 bits per heavy atom. The maximum Gasteiger partial charge on any atom is 0.0453 e. The first-order valence-corrected chi connectivity index (χ1v) is 7.21. The number of thioether (sulfide) groups is 1. The number of hydrogen-bond donors (Lipinski definition) is 1. The number of nitrogen functional groups attached to an aromatic ring is 1. The minimum absolute atomic E-state index is 0.904. The SMILES string of the molecule is Nc1ccc(Br)cc1SCC1CCCC1. The Labute approximate surface area is 104 Å². The molecule has 0 aliphatic heterocycles. The largest absolute Gasteiger partial charge is 0.398 e. The Balaban J connectivity index is 1.94. The molecule has 0 unspecified atom stereocenters. The molecule has 0 saturated heterocycles. The van der Waals surface area contributed by atoms with Crippen LogP contribution in [0, 0.1) is 5.92 Å². The van der Waals surface area contributed by atoms with Crippen molar-refractivity contribution in [2.75, 3.05) is 11.5 Å². The van der Waals surface area contributed by atoms with Crippen LogP contribution in [-0.2, 0) is 0 Å². The monoisotopic (exact) mass is 285 g/mol. The minimum atomic E-state index is 0.904. The van der Waals surface area contributed by atoms with Crippen molar-refractivity contribution < 1.29 is 0 Å². The van der Waals surface area contributed by atoms with Gasteiger partial charge >= 0.3 is 0 Å². The molecular weight excluding hydrogens is 270 g/mol. The predicted octanol–water partition coefficient (Wildman–Crippen LogP) is 4.31. The van der Waals surface area contributed by atoms with E-state index in [1.807, 2.05) is 23.9 Å². The van der Waals surface area contributed by atoms with Crippen molar-refractivity contribution in [2.45, 2.75) is 30.6 Å². The van der Waals surface area contributed by atoms with Crippen molar-refractivity contribution >= 4 is 33.4 Å². The normalized spacial score (nSPS) is 17.1. The lowest BCUT2D eigenvalue weighted by atomic mass is 10.1. The maximum atomic E-state index is 5.93. The summed E-state index contributed by atoms with van der Waals surface area (Å²) in [5.74, 6) is 2.13. The van der Waals surface area contributed by atoms with E-state index in [1.165, 1.54) is 36.3 Å². The summed E-state index contributed by atoms with van der Waals surface area (Å²) in [6, 6.07) is 6.09. The molecule has 1 aliphatic carbocycles. The van der Waals surface area contributed by atoms with Gasteiger partial charge in [-0.05, 0) is 37.0 Å². The smallest absolute Gasteiger partial charge is 0.0453 e. The summed E-state index contributed by atoms with van der Waals surface area (Å²) >= 11 is 5.38. The molecule has 2 rings (SSSR count). The fourth-order valence-electron chi connectivity index (χ4n) is 2.02. The van der Waals surface area contributed by atoms with E-state index in [0.29, 0.717) is 0 Å². The summed E-state index contributed by atoms with van der Waals surface area (Å²) in [6.07, 6.45) is 5.64. The second kappa shape index (κ2) is 5.26. The van der Waals surface area contributed by atoms with Crippen LogP contribution in [0.1, 0.15) is 25.7 Å². The molecule has 0 amide bonds. The highest BCUT2D eigenvalue weighted by atomic mass is 79.9. The van der Waals surface area contributed by atoms with Crippen molar-refractivity contribution in [3.8, 4) is 0 Å². The summed E-state index contributed by atoms with van der Waals surface area (Å²) in [4.78, 5) is 1.22. The van der Waals surface area contributed by atoms with Gasteiger partial charge in [-0.1, -0.05) is 28.8 Å². The predicted molar refractivity (Wildman–Crippen MR) is 71.2 cm³/mol. The Hall–Kier alpha value is -0.150. The molecule has 82 valence electrons. The van der Waals surface area contributed by atoms with Gasteiger partial charge in [0.15, 0.2) is 0 Å². The zero-order valence-corrected chi connectivity index (χ0v) is 11.1. The van der Waals surface area contributed by atoms with Gasteiger partial charge in [0, 0.05) is 20.8 Å². The number of benzene rings is 1. The van der Waals surface area contributed by atoms with Crippen LogP contribution in [0.3, 0.4) is 0 Å². The number of nitrogens with two attached hydrogens (primary N) is 1. The lowest BCUT2D eigenvalue weighted by Gasteiger charge is -2.10. The summed E-state index contributed by atoms with van der Waals surface area (Å²) in [5.41, 5.74) is 6.84. The standard InChI is InChI=1S/C12H16BrNS/c13-10-5-6-11(14)12(7-10)15-8-9-3-1-2-4-9/h5-7,9H,1-4,8,14H2. The van der Waals surface area contributed by atoms with E-state index in [1.54, 1.807) is 0 Å². The first-order valence-electron chi connectivity index (χ1n) is 5.43. The van der Waals surface area contributed by atoms with Gasteiger partial charge in [0.25, 0.3) is 0 Å². The van der Waals surface area contributed by atoms with E-state index in [-0.39, 0.29) is 0 Å². The van der Waals surface area contributed by atoms with Crippen molar-refractivity contribution in [2.24, 2.45) is 5.92 Å². The van der Waals surface area contributed by atoms with E-state index in [9.17, 15) is 0 Å². The number of hydrogen-bond acceptors (Lipinski definition) is 2. The molecule has 1 aliphatic rings. The molecule has 0 radical (unpaired) electrons. The maximum absolute atomic E-state index is 5.93. The summed E-state index contributed by atoms with van der Waals surface area (Å²) < 4.78 is 1.12.